The molecule has 2 aromatic rings. The zero-order valence-corrected chi connectivity index (χ0v) is 16.7. The standard InChI is InChI=1S/C21H30N4O3/c1-3-22-21(25-14-8-15-27-18-9-5-4-6-10-18)24-13-7-12-23-20(26)19-17(2)11-16-28-19/h4-6,9-11,16H,3,7-8,12-15H2,1-2H3,(H,23,26)(H2,22,24,25). The van der Waals surface area contributed by atoms with Crippen LogP contribution < -0.4 is 20.7 Å². The summed E-state index contributed by atoms with van der Waals surface area (Å²) in [6.07, 6.45) is 3.15. The number of nitrogens with zero attached hydrogens (tertiary/aromatic N) is 1. The second kappa shape index (κ2) is 12.4. The summed E-state index contributed by atoms with van der Waals surface area (Å²) in [5.74, 6) is 1.85. The van der Waals surface area contributed by atoms with E-state index in [9.17, 15) is 4.79 Å². The molecule has 0 radical (unpaired) electrons. The molecule has 0 fully saturated rings. The number of aliphatic imine (C=N–C) groups is 1. The van der Waals surface area contributed by atoms with E-state index in [-0.39, 0.29) is 5.91 Å². The Morgan fingerprint density at radius 1 is 1.07 bits per heavy atom. The van der Waals surface area contributed by atoms with Gasteiger partial charge in [-0.1, -0.05) is 18.2 Å². The minimum absolute atomic E-state index is 0.179. The number of guanidine groups is 1. The Hall–Kier alpha value is -2.96. The third-order valence-electron chi connectivity index (χ3n) is 3.93. The predicted octanol–water partition coefficient (Wildman–Crippen LogP) is 2.73. The van der Waals surface area contributed by atoms with Crippen molar-refractivity contribution in [2.75, 3.05) is 32.8 Å². The Kier molecular flexibility index (Phi) is 9.47. The average molecular weight is 386 g/mol. The van der Waals surface area contributed by atoms with Gasteiger partial charge in [0.1, 0.15) is 5.75 Å². The Bertz CT molecular complexity index is 728. The number of hydrogen-bond acceptors (Lipinski definition) is 4. The highest BCUT2D eigenvalue weighted by atomic mass is 16.5. The van der Waals surface area contributed by atoms with Gasteiger partial charge in [0, 0.05) is 38.2 Å². The fourth-order valence-electron chi connectivity index (χ4n) is 2.49. The third kappa shape index (κ3) is 7.73. The summed E-state index contributed by atoms with van der Waals surface area (Å²) in [6.45, 7) is 7.26. The third-order valence-corrected chi connectivity index (χ3v) is 3.93. The molecule has 0 aliphatic rings. The van der Waals surface area contributed by atoms with E-state index in [2.05, 4.69) is 20.9 Å². The fraction of sp³-hybridized carbons (Fsp3) is 0.429. The van der Waals surface area contributed by atoms with Gasteiger partial charge in [-0.2, -0.15) is 0 Å². The van der Waals surface area contributed by atoms with Gasteiger partial charge in [-0.15, -0.1) is 0 Å². The molecule has 28 heavy (non-hydrogen) atoms. The van der Waals surface area contributed by atoms with Crippen molar-refractivity contribution < 1.29 is 13.9 Å². The molecular weight excluding hydrogens is 356 g/mol. The lowest BCUT2D eigenvalue weighted by molar-refractivity contribution is 0.0925. The molecule has 2 rings (SSSR count). The van der Waals surface area contributed by atoms with Crippen molar-refractivity contribution in [1.29, 1.82) is 0 Å². The quantitative estimate of drug-likeness (QED) is 0.314. The highest BCUT2D eigenvalue weighted by Crippen LogP contribution is 2.08. The second-order valence-corrected chi connectivity index (χ2v) is 6.24. The van der Waals surface area contributed by atoms with Crippen LogP contribution in [0.25, 0.3) is 0 Å². The number of aryl methyl sites for hydroxylation is 1. The van der Waals surface area contributed by atoms with E-state index >= 15 is 0 Å². The first-order valence-corrected chi connectivity index (χ1v) is 9.73. The van der Waals surface area contributed by atoms with Crippen LogP contribution in [0, 0.1) is 6.92 Å². The molecule has 7 nitrogen and oxygen atoms in total. The number of amides is 1. The van der Waals surface area contributed by atoms with Gasteiger partial charge < -0.3 is 25.1 Å². The smallest absolute Gasteiger partial charge is 0.287 e. The molecule has 1 amide bonds. The van der Waals surface area contributed by atoms with Crippen LogP contribution >= 0.6 is 0 Å². The maximum Gasteiger partial charge on any atom is 0.287 e. The van der Waals surface area contributed by atoms with E-state index in [1.54, 1.807) is 6.07 Å². The van der Waals surface area contributed by atoms with Crippen molar-refractivity contribution in [3.05, 3.63) is 54.0 Å². The number of carbonyl (C=O) groups excluding carboxylic acids is 1. The summed E-state index contributed by atoms with van der Waals surface area (Å²) >= 11 is 0. The Labute approximate surface area is 166 Å². The molecule has 1 heterocycles. The van der Waals surface area contributed by atoms with Crippen LogP contribution in [0.3, 0.4) is 0 Å². The van der Waals surface area contributed by atoms with Gasteiger partial charge in [0.25, 0.3) is 5.91 Å². The summed E-state index contributed by atoms with van der Waals surface area (Å²) in [7, 11) is 0. The molecule has 0 atom stereocenters. The van der Waals surface area contributed by atoms with Crippen LogP contribution in [0.4, 0.5) is 0 Å². The number of benzene rings is 1. The van der Waals surface area contributed by atoms with Crippen molar-refractivity contribution in [2.24, 2.45) is 4.99 Å². The molecule has 0 spiro atoms. The first kappa shape index (κ1) is 21.3. The number of hydrogen-bond donors (Lipinski definition) is 3. The van der Waals surface area contributed by atoms with Gasteiger partial charge in [-0.05, 0) is 38.5 Å². The van der Waals surface area contributed by atoms with Gasteiger partial charge in [0.15, 0.2) is 11.7 Å². The molecule has 152 valence electrons. The summed E-state index contributed by atoms with van der Waals surface area (Å²) in [5.41, 5.74) is 0.841. The minimum atomic E-state index is -0.179. The van der Waals surface area contributed by atoms with Crippen molar-refractivity contribution in [3.8, 4) is 5.75 Å². The van der Waals surface area contributed by atoms with E-state index in [0.717, 1.165) is 36.7 Å². The van der Waals surface area contributed by atoms with Crippen LogP contribution in [0.1, 0.15) is 35.9 Å². The van der Waals surface area contributed by atoms with Crippen molar-refractivity contribution >= 4 is 11.9 Å². The maximum absolute atomic E-state index is 12.0. The summed E-state index contributed by atoms with van der Waals surface area (Å²) in [5, 5.41) is 9.35. The number of ether oxygens (including phenoxy) is 1. The molecule has 0 saturated carbocycles. The Morgan fingerprint density at radius 3 is 2.57 bits per heavy atom. The summed E-state index contributed by atoms with van der Waals surface area (Å²) in [4.78, 5) is 16.5. The zero-order valence-electron chi connectivity index (χ0n) is 16.7. The Morgan fingerprint density at radius 2 is 1.86 bits per heavy atom. The van der Waals surface area contributed by atoms with Gasteiger partial charge >= 0.3 is 0 Å². The molecule has 0 unspecified atom stereocenters. The van der Waals surface area contributed by atoms with Crippen molar-refractivity contribution in [3.63, 3.8) is 0 Å². The van der Waals surface area contributed by atoms with Crippen LogP contribution in [0.15, 0.2) is 52.1 Å². The van der Waals surface area contributed by atoms with Gasteiger partial charge in [-0.3, -0.25) is 9.79 Å². The zero-order chi connectivity index (χ0) is 20.0. The van der Waals surface area contributed by atoms with E-state index in [1.165, 1.54) is 6.26 Å². The first-order chi connectivity index (χ1) is 13.7. The van der Waals surface area contributed by atoms with E-state index in [4.69, 9.17) is 9.15 Å². The molecule has 0 saturated heterocycles. The molecule has 7 heteroatoms. The predicted molar refractivity (Wildman–Crippen MR) is 111 cm³/mol. The number of rotatable bonds is 11. The summed E-state index contributed by atoms with van der Waals surface area (Å²) in [6, 6.07) is 11.6. The normalized spacial score (nSPS) is 11.1. The number of para-hydroxylation sites is 1. The van der Waals surface area contributed by atoms with E-state index < -0.39 is 0 Å². The molecule has 0 aliphatic heterocycles. The van der Waals surface area contributed by atoms with Crippen molar-refractivity contribution in [1.82, 2.24) is 16.0 Å². The van der Waals surface area contributed by atoms with Gasteiger partial charge in [-0.25, -0.2) is 0 Å². The minimum Gasteiger partial charge on any atom is -0.494 e. The van der Waals surface area contributed by atoms with Crippen LogP contribution in [0.2, 0.25) is 0 Å². The monoisotopic (exact) mass is 386 g/mol. The maximum atomic E-state index is 12.0. The van der Waals surface area contributed by atoms with E-state index in [0.29, 0.717) is 32.0 Å². The van der Waals surface area contributed by atoms with Gasteiger partial charge in [0.05, 0.1) is 12.9 Å². The first-order valence-electron chi connectivity index (χ1n) is 9.73. The Balaban J connectivity index is 1.60. The van der Waals surface area contributed by atoms with Crippen LogP contribution in [-0.2, 0) is 0 Å². The average Bonchev–Trinajstić information content (AvgIpc) is 3.14. The molecule has 0 aliphatic carbocycles. The molecule has 3 N–H and O–H groups in total. The van der Waals surface area contributed by atoms with Gasteiger partial charge in [0.2, 0.25) is 0 Å². The topological polar surface area (TPSA) is 87.9 Å². The van der Waals surface area contributed by atoms with Crippen molar-refractivity contribution in [2.45, 2.75) is 26.7 Å². The van der Waals surface area contributed by atoms with E-state index in [1.807, 2.05) is 44.2 Å². The molecule has 1 aromatic heterocycles. The fourth-order valence-corrected chi connectivity index (χ4v) is 2.49. The molecule has 1 aromatic carbocycles. The lowest BCUT2D eigenvalue weighted by Gasteiger charge is -2.11. The van der Waals surface area contributed by atoms with Crippen LogP contribution in [0.5, 0.6) is 5.75 Å². The molecule has 0 bridgehead atoms. The number of nitrogens with one attached hydrogen (secondary N) is 3. The molecular formula is C21H30N4O3. The second-order valence-electron chi connectivity index (χ2n) is 6.24. The summed E-state index contributed by atoms with van der Waals surface area (Å²) < 4.78 is 10.8. The van der Waals surface area contributed by atoms with Crippen LogP contribution in [-0.4, -0.2) is 44.7 Å². The lowest BCUT2D eigenvalue weighted by atomic mass is 10.2. The lowest BCUT2D eigenvalue weighted by Crippen LogP contribution is -2.39. The number of carbonyl (C=O) groups is 1. The SMILES string of the molecule is CCNC(=NCCCOc1ccccc1)NCCCNC(=O)c1occc1C. The largest absolute Gasteiger partial charge is 0.494 e. The highest BCUT2D eigenvalue weighted by molar-refractivity contribution is 5.92. The highest BCUT2D eigenvalue weighted by Gasteiger charge is 2.11. The number of furan rings is 1.